The third-order valence-corrected chi connectivity index (χ3v) is 4.86. The zero-order chi connectivity index (χ0) is 16.5. The molecule has 1 unspecified atom stereocenters. The Bertz CT molecular complexity index is 518. The molecule has 126 valence electrons. The molecule has 2 rings (SSSR count). The van der Waals surface area contributed by atoms with Crippen molar-refractivity contribution in [2.24, 2.45) is 0 Å². The lowest BCUT2D eigenvalue weighted by Gasteiger charge is -2.28. The lowest BCUT2D eigenvalue weighted by atomic mass is 10.0. The van der Waals surface area contributed by atoms with E-state index in [4.69, 9.17) is 9.84 Å². The Morgan fingerprint density at radius 2 is 1.96 bits per heavy atom. The van der Waals surface area contributed by atoms with Gasteiger partial charge in [-0.2, -0.15) is 11.8 Å². The molecule has 23 heavy (non-hydrogen) atoms. The Morgan fingerprint density at radius 3 is 2.61 bits per heavy atom. The Labute approximate surface area is 140 Å². The van der Waals surface area contributed by atoms with Crippen LogP contribution >= 0.6 is 11.8 Å². The third-order valence-electron chi connectivity index (χ3n) is 3.64. The molecular formula is C16H22N2O4S. The zero-order valence-corrected chi connectivity index (χ0v) is 13.7. The van der Waals surface area contributed by atoms with Crippen LogP contribution in [0.5, 0.6) is 0 Å². The maximum Gasteiger partial charge on any atom is 0.309 e. The van der Waals surface area contributed by atoms with E-state index in [1.165, 1.54) is 0 Å². The van der Waals surface area contributed by atoms with E-state index >= 15 is 0 Å². The van der Waals surface area contributed by atoms with Gasteiger partial charge in [0.15, 0.2) is 0 Å². The standard InChI is InChI=1S/C16H22N2O4S/c19-7-8-22-16(6-9-23-12-16)11-18-15(21)14(20)17-10-13-4-2-1-3-5-13/h1-5,19H,6-12H2,(H,17,20)(H,18,21). The van der Waals surface area contributed by atoms with Crippen LogP contribution in [-0.2, 0) is 20.9 Å². The average Bonchev–Trinajstić information content (AvgIpc) is 3.06. The van der Waals surface area contributed by atoms with Crippen molar-refractivity contribution in [2.75, 3.05) is 31.3 Å². The van der Waals surface area contributed by atoms with Crippen LogP contribution in [0.15, 0.2) is 30.3 Å². The van der Waals surface area contributed by atoms with E-state index in [9.17, 15) is 9.59 Å². The summed E-state index contributed by atoms with van der Waals surface area (Å²) in [6.45, 7) is 0.765. The molecule has 1 aromatic rings. The molecule has 1 aliphatic rings. The lowest BCUT2D eigenvalue weighted by molar-refractivity contribution is -0.140. The predicted molar refractivity (Wildman–Crippen MR) is 89.0 cm³/mol. The van der Waals surface area contributed by atoms with E-state index in [2.05, 4.69) is 10.6 Å². The van der Waals surface area contributed by atoms with Crippen molar-refractivity contribution in [1.29, 1.82) is 0 Å². The van der Waals surface area contributed by atoms with Gasteiger partial charge in [0.1, 0.15) is 0 Å². The molecule has 2 amide bonds. The lowest BCUT2D eigenvalue weighted by Crippen LogP contribution is -2.49. The SMILES string of the molecule is O=C(NCc1ccccc1)C(=O)NCC1(OCCO)CCSC1. The number of nitrogens with one attached hydrogen (secondary N) is 2. The van der Waals surface area contributed by atoms with Gasteiger partial charge in [0.05, 0.1) is 18.8 Å². The van der Waals surface area contributed by atoms with E-state index in [-0.39, 0.29) is 19.8 Å². The molecule has 0 radical (unpaired) electrons. The van der Waals surface area contributed by atoms with Crippen molar-refractivity contribution >= 4 is 23.6 Å². The first-order valence-electron chi connectivity index (χ1n) is 7.58. The van der Waals surface area contributed by atoms with E-state index in [0.29, 0.717) is 6.54 Å². The molecule has 7 heteroatoms. The van der Waals surface area contributed by atoms with Crippen LogP contribution in [0.1, 0.15) is 12.0 Å². The number of aliphatic hydroxyl groups excluding tert-OH is 1. The van der Waals surface area contributed by atoms with Crippen LogP contribution in [0, 0.1) is 0 Å². The van der Waals surface area contributed by atoms with E-state index < -0.39 is 17.4 Å². The number of thioether (sulfide) groups is 1. The minimum atomic E-state index is -0.662. The Kier molecular flexibility index (Phi) is 6.88. The molecule has 6 nitrogen and oxygen atoms in total. The Hall–Kier alpha value is -1.57. The van der Waals surface area contributed by atoms with E-state index in [1.54, 1.807) is 11.8 Å². The molecule has 0 saturated carbocycles. The van der Waals surface area contributed by atoms with Crippen LogP contribution in [0.4, 0.5) is 0 Å². The second-order valence-electron chi connectivity index (χ2n) is 5.41. The number of amides is 2. The van der Waals surface area contributed by atoms with Crippen LogP contribution in [-0.4, -0.2) is 53.8 Å². The first kappa shape index (κ1) is 17.8. The minimum Gasteiger partial charge on any atom is -0.394 e. The van der Waals surface area contributed by atoms with Gasteiger partial charge in [-0.3, -0.25) is 9.59 Å². The summed E-state index contributed by atoms with van der Waals surface area (Å²) in [4.78, 5) is 23.7. The van der Waals surface area contributed by atoms with Gasteiger partial charge in [-0.05, 0) is 17.7 Å². The molecule has 1 aromatic carbocycles. The predicted octanol–water partition coefficient (Wildman–Crippen LogP) is 0.304. The van der Waals surface area contributed by atoms with Gasteiger partial charge < -0.3 is 20.5 Å². The van der Waals surface area contributed by atoms with Crippen molar-refractivity contribution in [1.82, 2.24) is 10.6 Å². The minimum absolute atomic E-state index is 0.0576. The first-order chi connectivity index (χ1) is 11.2. The first-order valence-corrected chi connectivity index (χ1v) is 8.73. The van der Waals surface area contributed by atoms with Gasteiger partial charge >= 0.3 is 11.8 Å². The summed E-state index contributed by atoms with van der Waals surface area (Å²) in [7, 11) is 0. The number of rotatable bonds is 7. The number of hydrogen-bond acceptors (Lipinski definition) is 5. The summed E-state index contributed by atoms with van der Waals surface area (Å²) in [5.41, 5.74) is 0.451. The van der Waals surface area contributed by atoms with Gasteiger partial charge in [-0.15, -0.1) is 0 Å². The van der Waals surface area contributed by atoms with Crippen molar-refractivity contribution in [3.05, 3.63) is 35.9 Å². The smallest absolute Gasteiger partial charge is 0.309 e. The molecule has 0 spiro atoms. The molecule has 1 atom stereocenters. The number of carbonyl (C=O) groups is 2. The maximum atomic E-state index is 11.9. The van der Waals surface area contributed by atoms with Gasteiger partial charge in [-0.1, -0.05) is 30.3 Å². The van der Waals surface area contributed by atoms with Gasteiger partial charge in [0.2, 0.25) is 0 Å². The van der Waals surface area contributed by atoms with E-state index in [1.807, 2.05) is 30.3 Å². The molecule has 1 saturated heterocycles. The molecule has 3 N–H and O–H groups in total. The van der Waals surface area contributed by atoms with Crippen LogP contribution in [0.25, 0.3) is 0 Å². The summed E-state index contributed by atoms with van der Waals surface area (Å²) in [6.07, 6.45) is 0.795. The van der Waals surface area contributed by atoms with Gasteiger partial charge in [0, 0.05) is 18.8 Å². The fourth-order valence-electron chi connectivity index (χ4n) is 2.34. The quantitative estimate of drug-likeness (QED) is 0.623. The molecule has 1 heterocycles. The summed E-state index contributed by atoms with van der Waals surface area (Å²) in [6, 6.07) is 9.41. The highest BCUT2D eigenvalue weighted by Crippen LogP contribution is 2.30. The highest BCUT2D eigenvalue weighted by molar-refractivity contribution is 7.99. The molecule has 1 fully saturated rings. The fraction of sp³-hybridized carbons (Fsp3) is 0.500. The summed E-state index contributed by atoms with van der Waals surface area (Å²) in [5.74, 6) is 0.377. The second-order valence-corrected chi connectivity index (χ2v) is 6.51. The maximum absolute atomic E-state index is 11.9. The molecule has 1 aliphatic heterocycles. The second kappa shape index (κ2) is 8.90. The number of carbonyl (C=O) groups excluding carboxylic acids is 2. The number of aliphatic hydroxyl groups is 1. The topological polar surface area (TPSA) is 87.7 Å². The van der Waals surface area contributed by atoms with Gasteiger partial charge in [0.25, 0.3) is 0 Å². The third kappa shape index (κ3) is 5.53. The van der Waals surface area contributed by atoms with E-state index in [0.717, 1.165) is 23.5 Å². The molecule has 0 aliphatic carbocycles. The summed E-state index contributed by atoms with van der Waals surface area (Å²) in [5, 5.41) is 14.1. The fourth-order valence-corrected chi connectivity index (χ4v) is 3.70. The van der Waals surface area contributed by atoms with Gasteiger partial charge in [-0.25, -0.2) is 0 Å². The largest absolute Gasteiger partial charge is 0.394 e. The number of ether oxygens (including phenoxy) is 1. The summed E-state index contributed by atoms with van der Waals surface area (Å²) < 4.78 is 5.68. The molecular weight excluding hydrogens is 316 g/mol. The van der Waals surface area contributed by atoms with Crippen LogP contribution < -0.4 is 10.6 Å². The van der Waals surface area contributed by atoms with Crippen molar-refractivity contribution in [3.63, 3.8) is 0 Å². The Balaban J connectivity index is 1.77. The highest BCUT2D eigenvalue weighted by Gasteiger charge is 2.36. The normalized spacial score (nSPS) is 20.2. The Morgan fingerprint density at radius 1 is 1.22 bits per heavy atom. The van der Waals surface area contributed by atoms with Crippen molar-refractivity contribution in [3.8, 4) is 0 Å². The number of benzene rings is 1. The summed E-state index contributed by atoms with van der Waals surface area (Å²) >= 11 is 1.74. The zero-order valence-electron chi connectivity index (χ0n) is 12.9. The molecule has 0 bridgehead atoms. The van der Waals surface area contributed by atoms with Crippen LogP contribution in [0.3, 0.4) is 0 Å². The monoisotopic (exact) mass is 338 g/mol. The van der Waals surface area contributed by atoms with Crippen molar-refractivity contribution in [2.45, 2.75) is 18.6 Å². The van der Waals surface area contributed by atoms with Crippen molar-refractivity contribution < 1.29 is 19.4 Å². The average molecular weight is 338 g/mol. The van der Waals surface area contributed by atoms with Crippen LogP contribution in [0.2, 0.25) is 0 Å². The molecule has 0 aromatic heterocycles. The number of hydrogen-bond donors (Lipinski definition) is 3. The highest BCUT2D eigenvalue weighted by atomic mass is 32.2.